The Bertz CT molecular complexity index is 779. The summed E-state index contributed by atoms with van der Waals surface area (Å²) in [5.41, 5.74) is 3.81. The monoisotopic (exact) mass is 343 g/mol. The number of nitrogens with zero attached hydrogens (tertiary/aromatic N) is 3. The van der Waals surface area contributed by atoms with Crippen LogP contribution < -0.4 is 11.3 Å². The average molecular weight is 343 g/mol. The molecule has 0 saturated carbocycles. The Morgan fingerprint density at radius 3 is 2.91 bits per heavy atom. The summed E-state index contributed by atoms with van der Waals surface area (Å²) >= 11 is 1.36. The van der Waals surface area contributed by atoms with Gasteiger partial charge in [-0.2, -0.15) is 16.7 Å². The summed E-state index contributed by atoms with van der Waals surface area (Å²) < 4.78 is 7.14. The van der Waals surface area contributed by atoms with Gasteiger partial charge in [-0.05, 0) is 6.26 Å². The first kappa shape index (κ1) is 16.2. The van der Waals surface area contributed by atoms with Gasteiger partial charge in [0, 0.05) is 5.75 Å². The third-order valence-electron chi connectivity index (χ3n) is 3.89. The second kappa shape index (κ2) is 5.76. The molecule has 11 heteroatoms. The Balaban J connectivity index is 2.22. The van der Waals surface area contributed by atoms with Gasteiger partial charge in [0.1, 0.15) is 18.3 Å². The molecule has 0 aliphatic carbocycles. The Morgan fingerprint density at radius 1 is 1.57 bits per heavy atom. The summed E-state index contributed by atoms with van der Waals surface area (Å²) in [6, 6.07) is 0. The standard InChI is InChI=1S/C12H17N5O5S/c1-23-3-12(8(20)7(19)5(2-18)22-12)17-4-14-6-9(17)15-11(13)16-10(6)21/h4-5,7-8,18-20H,2-3H2,1H3,(H3,13,15,16,21)/t5-,7-,8-,12-/m1/s1. The molecule has 0 aromatic carbocycles. The highest BCUT2D eigenvalue weighted by Crippen LogP contribution is 2.39. The van der Waals surface area contributed by atoms with Crippen LogP contribution in [0, 0.1) is 0 Å². The number of anilines is 1. The van der Waals surface area contributed by atoms with Gasteiger partial charge in [0.2, 0.25) is 5.95 Å². The fourth-order valence-electron chi connectivity index (χ4n) is 2.82. The summed E-state index contributed by atoms with van der Waals surface area (Å²) in [7, 11) is 0. The number of nitrogens with two attached hydrogens (primary N) is 1. The number of H-pyrrole nitrogens is 1. The largest absolute Gasteiger partial charge is 0.394 e. The lowest BCUT2D eigenvalue weighted by atomic mass is 10.0. The Kier molecular flexibility index (Phi) is 4.06. The molecule has 2 aromatic heterocycles. The zero-order valence-corrected chi connectivity index (χ0v) is 13.0. The average Bonchev–Trinajstić information content (AvgIpc) is 3.03. The number of hydrogen-bond donors (Lipinski definition) is 5. The van der Waals surface area contributed by atoms with E-state index in [1.165, 1.54) is 22.7 Å². The van der Waals surface area contributed by atoms with Crippen molar-refractivity contribution < 1.29 is 20.1 Å². The van der Waals surface area contributed by atoms with Crippen LogP contribution in [0.25, 0.3) is 11.2 Å². The molecule has 3 rings (SSSR count). The summed E-state index contributed by atoms with van der Waals surface area (Å²) in [4.78, 5) is 22.3. The van der Waals surface area contributed by atoms with Crippen LogP contribution in [0.15, 0.2) is 11.1 Å². The first-order valence-electron chi connectivity index (χ1n) is 6.81. The maximum atomic E-state index is 11.9. The number of ether oxygens (including phenoxy) is 1. The number of rotatable bonds is 4. The van der Waals surface area contributed by atoms with E-state index in [-0.39, 0.29) is 22.9 Å². The number of aliphatic hydroxyl groups is 3. The van der Waals surface area contributed by atoms with E-state index in [2.05, 4.69) is 15.0 Å². The topological polar surface area (TPSA) is 160 Å². The molecule has 10 nitrogen and oxygen atoms in total. The predicted molar refractivity (Wildman–Crippen MR) is 82.9 cm³/mol. The normalized spacial score (nSPS) is 31.0. The van der Waals surface area contributed by atoms with Crippen molar-refractivity contribution in [2.75, 3.05) is 24.3 Å². The Morgan fingerprint density at radius 2 is 2.30 bits per heavy atom. The number of aromatic nitrogens is 4. The molecule has 0 unspecified atom stereocenters. The molecule has 1 saturated heterocycles. The molecule has 0 spiro atoms. The minimum absolute atomic E-state index is 0.0393. The molecule has 2 aromatic rings. The van der Waals surface area contributed by atoms with Gasteiger partial charge in [0.15, 0.2) is 16.9 Å². The lowest BCUT2D eigenvalue weighted by molar-refractivity contribution is -0.128. The lowest BCUT2D eigenvalue weighted by Gasteiger charge is -2.33. The fraction of sp³-hybridized carbons (Fsp3) is 0.583. The maximum Gasteiger partial charge on any atom is 0.280 e. The number of aliphatic hydroxyl groups excluding tert-OH is 3. The van der Waals surface area contributed by atoms with Crippen LogP contribution >= 0.6 is 11.8 Å². The van der Waals surface area contributed by atoms with Crippen molar-refractivity contribution in [1.29, 1.82) is 0 Å². The van der Waals surface area contributed by atoms with Gasteiger partial charge in [-0.25, -0.2) is 4.98 Å². The molecule has 1 aliphatic heterocycles. The van der Waals surface area contributed by atoms with E-state index < -0.39 is 36.2 Å². The third-order valence-corrected chi connectivity index (χ3v) is 4.59. The summed E-state index contributed by atoms with van der Waals surface area (Å²) in [5.74, 6) is 0.136. The summed E-state index contributed by atoms with van der Waals surface area (Å²) in [6.07, 6.45) is -0.493. The Hall–Kier alpha value is -1.66. The van der Waals surface area contributed by atoms with E-state index in [1.54, 1.807) is 6.26 Å². The molecule has 4 atom stereocenters. The van der Waals surface area contributed by atoms with E-state index >= 15 is 0 Å². The van der Waals surface area contributed by atoms with Crippen LogP contribution in [0.2, 0.25) is 0 Å². The van der Waals surface area contributed by atoms with Crippen molar-refractivity contribution in [2.24, 2.45) is 0 Å². The van der Waals surface area contributed by atoms with Crippen molar-refractivity contribution in [3.63, 3.8) is 0 Å². The van der Waals surface area contributed by atoms with Gasteiger partial charge in [0.25, 0.3) is 5.56 Å². The van der Waals surface area contributed by atoms with Gasteiger partial charge in [-0.1, -0.05) is 0 Å². The number of nitrogen functional groups attached to an aromatic ring is 1. The first-order chi connectivity index (χ1) is 10.9. The molecule has 0 amide bonds. The smallest absolute Gasteiger partial charge is 0.280 e. The zero-order chi connectivity index (χ0) is 16.8. The minimum atomic E-state index is -1.42. The van der Waals surface area contributed by atoms with Crippen LogP contribution in [0.3, 0.4) is 0 Å². The molecule has 23 heavy (non-hydrogen) atoms. The Labute approximate surface area is 134 Å². The SMILES string of the molecule is CSC[C@@]1(n2cnc3c(=O)[nH]c(N)nc32)O[C@H](CO)[C@@H](O)[C@H]1O. The van der Waals surface area contributed by atoms with Gasteiger partial charge in [-0.15, -0.1) is 0 Å². The highest BCUT2D eigenvalue weighted by molar-refractivity contribution is 7.98. The van der Waals surface area contributed by atoms with Crippen LogP contribution in [0.4, 0.5) is 5.95 Å². The van der Waals surface area contributed by atoms with E-state index in [1.807, 2.05) is 0 Å². The van der Waals surface area contributed by atoms with Gasteiger partial charge in [-0.3, -0.25) is 14.3 Å². The quantitative estimate of drug-likeness (QED) is 0.416. The molecule has 0 bridgehead atoms. The van der Waals surface area contributed by atoms with Crippen molar-refractivity contribution in [3.8, 4) is 0 Å². The van der Waals surface area contributed by atoms with Crippen LogP contribution in [-0.4, -0.2) is 71.8 Å². The number of hydrogen-bond acceptors (Lipinski definition) is 9. The van der Waals surface area contributed by atoms with E-state index in [4.69, 9.17) is 10.5 Å². The molecule has 0 radical (unpaired) electrons. The number of imidazole rings is 1. The highest BCUT2D eigenvalue weighted by Gasteiger charge is 2.55. The summed E-state index contributed by atoms with van der Waals surface area (Å²) in [6.45, 7) is -0.461. The van der Waals surface area contributed by atoms with Crippen molar-refractivity contribution in [2.45, 2.75) is 24.0 Å². The van der Waals surface area contributed by atoms with E-state index in [9.17, 15) is 20.1 Å². The number of fused-ring (bicyclic) bond motifs is 1. The number of nitrogens with one attached hydrogen (secondary N) is 1. The molecule has 1 aliphatic rings. The van der Waals surface area contributed by atoms with Crippen molar-refractivity contribution in [1.82, 2.24) is 19.5 Å². The molecular weight excluding hydrogens is 326 g/mol. The molecule has 3 heterocycles. The first-order valence-corrected chi connectivity index (χ1v) is 8.21. The second-order valence-corrected chi connectivity index (χ2v) is 6.16. The lowest BCUT2D eigenvalue weighted by Crippen LogP contribution is -2.47. The molecule has 6 N–H and O–H groups in total. The minimum Gasteiger partial charge on any atom is -0.394 e. The molecular formula is C12H17N5O5S. The second-order valence-electron chi connectivity index (χ2n) is 5.29. The number of aromatic amines is 1. The van der Waals surface area contributed by atoms with Crippen LogP contribution in [0.1, 0.15) is 0 Å². The zero-order valence-electron chi connectivity index (χ0n) is 12.2. The van der Waals surface area contributed by atoms with Crippen molar-refractivity contribution in [3.05, 3.63) is 16.7 Å². The van der Waals surface area contributed by atoms with Crippen LogP contribution in [-0.2, 0) is 10.5 Å². The predicted octanol–water partition coefficient (Wildman–Crippen LogP) is -2.17. The maximum absolute atomic E-state index is 11.9. The van der Waals surface area contributed by atoms with Crippen LogP contribution in [0.5, 0.6) is 0 Å². The van der Waals surface area contributed by atoms with Gasteiger partial charge < -0.3 is 25.8 Å². The van der Waals surface area contributed by atoms with Crippen molar-refractivity contribution >= 4 is 28.9 Å². The van der Waals surface area contributed by atoms with Gasteiger partial charge in [0.05, 0.1) is 12.9 Å². The molecule has 1 fully saturated rings. The fourth-order valence-corrected chi connectivity index (χ4v) is 3.61. The third kappa shape index (κ3) is 2.32. The summed E-state index contributed by atoms with van der Waals surface area (Å²) in [5, 5.41) is 30.0. The van der Waals surface area contributed by atoms with E-state index in [0.717, 1.165) is 0 Å². The number of thioether (sulfide) groups is 1. The van der Waals surface area contributed by atoms with Gasteiger partial charge >= 0.3 is 0 Å². The van der Waals surface area contributed by atoms with E-state index in [0.29, 0.717) is 0 Å². The highest BCUT2D eigenvalue weighted by atomic mass is 32.2. The molecule has 126 valence electrons.